The van der Waals surface area contributed by atoms with Crippen molar-refractivity contribution in [2.45, 2.75) is 6.54 Å². The normalized spacial score (nSPS) is 13.8. The first-order chi connectivity index (χ1) is 13.2. The number of urea groups is 1. The van der Waals surface area contributed by atoms with Crippen molar-refractivity contribution < 1.29 is 19.0 Å². The molecule has 1 saturated heterocycles. The summed E-state index contributed by atoms with van der Waals surface area (Å²) in [6, 6.07) is 6.73. The third kappa shape index (κ3) is 4.76. The zero-order valence-electron chi connectivity index (χ0n) is 15.4. The van der Waals surface area contributed by atoms with Crippen molar-refractivity contribution in [1.82, 2.24) is 15.3 Å². The molecule has 2 N–H and O–H groups in total. The largest absolute Gasteiger partial charge is 0.493 e. The van der Waals surface area contributed by atoms with Crippen molar-refractivity contribution in [3.05, 3.63) is 36.3 Å². The van der Waals surface area contributed by atoms with Gasteiger partial charge >= 0.3 is 6.03 Å². The van der Waals surface area contributed by atoms with Crippen molar-refractivity contribution in [1.29, 1.82) is 0 Å². The molecule has 3 rings (SSSR count). The lowest BCUT2D eigenvalue weighted by molar-refractivity contribution is 0.122. The highest BCUT2D eigenvalue weighted by molar-refractivity contribution is 5.91. The Bertz CT molecular complexity index is 780. The first-order valence-electron chi connectivity index (χ1n) is 8.61. The topological polar surface area (TPSA) is 97.8 Å². The molecule has 144 valence electrons. The van der Waals surface area contributed by atoms with Crippen molar-refractivity contribution in [3.8, 4) is 11.5 Å². The van der Waals surface area contributed by atoms with Crippen molar-refractivity contribution >= 4 is 17.5 Å². The lowest BCUT2D eigenvalue weighted by atomic mass is 10.2. The summed E-state index contributed by atoms with van der Waals surface area (Å²) in [6.07, 6.45) is 1.69. The first kappa shape index (κ1) is 18.7. The number of ether oxygens (including phenoxy) is 3. The zero-order chi connectivity index (χ0) is 19.1. The Hall–Kier alpha value is -3.07. The van der Waals surface area contributed by atoms with E-state index in [1.54, 1.807) is 31.5 Å². The number of para-hydroxylation sites is 1. The predicted molar refractivity (Wildman–Crippen MR) is 100 cm³/mol. The van der Waals surface area contributed by atoms with Gasteiger partial charge in [-0.25, -0.2) is 14.8 Å². The minimum atomic E-state index is -0.387. The van der Waals surface area contributed by atoms with E-state index >= 15 is 0 Å². The Morgan fingerprint density at radius 1 is 1.22 bits per heavy atom. The molecule has 0 atom stereocenters. The third-order valence-electron chi connectivity index (χ3n) is 4.08. The number of aromatic nitrogens is 2. The van der Waals surface area contributed by atoms with Gasteiger partial charge in [-0.15, -0.1) is 0 Å². The zero-order valence-corrected chi connectivity index (χ0v) is 15.4. The number of hydrogen-bond acceptors (Lipinski definition) is 7. The summed E-state index contributed by atoms with van der Waals surface area (Å²) in [6.45, 7) is 3.15. The van der Waals surface area contributed by atoms with Gasteiger partial charge in [0.05, 0.1) is 39.7 Å². The summed E-state index contributed by atoms with van der Waals surface area (Å²) in [5.74, 6) is 2.37. The second-order valence-corrected chi connectivity index (χ2v) is 5.78. The SMILES string of the molecule is COc1cccc(NC(=O)NCc2nccc(N3CCOCC3)n2)c1OC. The van der Waals surface area contributed by atoms with Gasteiger partial charge in [-0.2, -0.15) is 0 Å². The van der Waals surface area contributed by atoms with Crippen LogP contribution in [0.1, 0.15) is 5.82 Å². The Kier molecular flexibility index (Phi) is 6.26. The molecule has 27 heavy (non-hydrogen) atoms. The van der Waals surface area contributed by atoms with Crippen LogP contribution >= 0.6 is 0 Å². The molecule has 0 radical (unpaired) electrons. The number of anilines is 2. The van der Waals surface area contributed by atoms with Gasteiger partial charge in [0, 0.05) is 19.3 Å². The summed E-state index contributed by atoms with van der Waals surface area (Å²) in [5.41, 5.74) is 0.511. The molecule has 2 heterocycles. The summed E-state index contributed by atoms with van der Waals surface area (Å²) in [7, 11) is 3.06. The molecule has 9 nitrogen and oxygen atoms in total. The quantitative estimate of drug-likeness (QED) is 0.794. The molecule has 0 saturated carbocycles. The Balaban J connectivity index is 1.60. The van der Waals surface area contributed by atoms with E-state index in [0.717, 1.165) is 18.9 Å². The number of morpholine rings is 1. The average molecular weight is 373 g/mol. The summed E-state index contributed by atoms with van der Waals surface area (Å²) < 4.78 is 15.9. The molecule has 1 aromatic carbocycles. The number of carbonyl (C=O) groups excluding carboxylic acids is 1. The molecule has 0 spiro atoms. The Morgan fingerprint density at radius 3 is 2.78 bits per heavy atom. The number of methoxy groups -OCH3 is 2. The van der Waals surface area contributed by atoms with Crippen LogP contribution < -0.4 is 25.0 Å². The number of benzene rings is 1. The molecular formula is C18H23N5O4. The van der Waals surface area contributed by atoms with Crippen molar-refractivity contribution in [3.63, 3.8) is 0 Å². The fourth-order valence-corrected chi connectivity index (χ4v) is 2.75. The van der Waals surface area contributed by atoms with E-state index in [2.05, 4.69) is 25.5 Å². The summed E-state index contributed by atoms with van der Waals surface area (Å²) in [5, 5.41) is 5.50. The molecule has 0 aliphatic carbocycles. The van der Waals surface area contributed by atoms with Crippen LogP contribution in [0, 0.1) is 0 Å². The Labute approximate surface area is 157 Å². The molecule has 1 fully saturated rings. The van der Waals surface area contributed by atoms with Crippen LogP contribution in [0.4, 0.5) is 16.3 Å². The van der Waals surface area contributed by atoms with Crippen molar-refractivity contribution in [2.24, 2.45) is 0 Å². The fourth-order valence-electron chi connectivity index (χ4n) is 2.75. The van der Waals surface area contributed by atoms with Gasteiger partial charge in [0.1, 0.15) is 11.6 Å². The van der Waals surface area contributed by atoms with Crippen LogP contribution in [-0.2, 0) is 11.3 Å². The highest BCUT2D eigenvalue weighted by atomic mass is 16.5. The standard InChI is InChI=1S/C18H23N5O4/c1-25-14-5-3-4-13(17(14)26-2)21-18(24)20-12-15-19-7-6-16(22-15)23-8-10-27-11-9-23/h3-7H,8-12H2,1-2H3,(H2,20,21,24). The Morgan fingerprint density at radius 2 is 2.04 bits per heavy atom. The summed E-state index contributed by atoms with van der Waals surface area (Å²) in [4.78, 5) is 23.1. The first-order valence-corrected chi connectivity index (χ1v) is 8.61. The molecule has 1 aliphatic heterocycles. The van der Waals surface area contributed by atoms with Crippen LogP contribution in [0.15, 0.2) is 30.5 Å². The third-order valence-corrected chi connectivity index (χ3v) is 4.08. The highest BCUT2D eigenvalue weighted by Gasteiger charge is 2.14. The number of rotatable bonds is 6. The van der Waals surface area contributed by atoms with Gasteiger partial charge in [-0.1, -0.05) is 6.07 Å². The van der Waals surface area contributed by atoms with E-state index in [1.165, 1.54) is 7.11 Å². The fraction of sp³-hybridized carbons (Fsp3) is 0.389. The molecule has 0 unspecified atom stereocenters. The predicted octanol–water partition coefficient (Wildman–Crippen LogP) is 1.65. The summed E-state index contributed by atoms with van der Waals surface area (Å²) >= 11 is 0. The van der Waals surface area contributed by atoms with Crippen LogP contribution in [-0.4, -0.2) is 56.5 Å². The molecule has 9 heteroatoms. The van der Waals surface area contributed by atoms with E-state index < -0.39 is 0 Å². The maximum absolute atomic E-state index is 12.2. The molecule has 2 amide bonds. The number of nitrogens with one attached hydrogen (secondary N) is 2. The van der Waals surface area contributed by atoms with Crippen LogP contribution in [0.3, 0.4) is 0 Å². The van der Waals surface area contributed by atoms with E-state index in [1.807, 2.05) is 6.07 Å². The molecule has 1 aromatic heterocycles. The smallest absolute Gasteiger partial charge is 0.319 e. The minimum Gasteiger partial charge on any atom is -0.493 e. The van der Waals surface area contributed by atoms with E-state index in [9.17, 15) is 4.79 Å². The molecule has 0 bridgehead atoms. The van der Waals surface area contributed by atoms with E-state index in [0.29, 0.717) is 36.2 Å². The van der Waals surface area contributed by atoms with E-state index in [4.69, 9.17) is 14.2 Å². The van der Waals surface area contributed by atoms with Gasteiger partial charge < -0.3 is 29.7 Å². The number of carbonyl (C=O) groups is 1. The number of amides is 2. The van der Waals surface area contributed by atoms with Gasteiger partial charge in [-0.3, -0.25) is 0 Å². The van der Waals surface area contributed by atoms with Gasteiger partial charge in [-0.05, 0) is 18.2 Å². The van der Waals surface area contributed by atoms with Gasteiger partial charge in [0.15, 0.2) is 11.5 Å². The lowest BCUT2D eigenvalue weighted by Crippen LogP contribution is -2.37. The van der Waals surface area contributed by atoms with Gasteiger partial charge in [0.2, 0.25) is 0 Å². The van der Waals surface area contributed by atoms with E-state index in [-0.39, 0.29) is 12.6 Å². The maximum atomic E-state index is 12.2. The molecular weight excluding hydrogens is 350 g/mol. The number of hydrogen-bond donors (Lipinski definition) is 2. The van der Waals surface area contributed by atoms with Crippen LogP contribution in [0.2, 0.25) is 0 Å². The number of nitrogens with zero attached hydrogens (tertiary/aromatic N) is 3. The van der Waals surface area contributed by atoms with Crippen molar-refractivity contribution in [2.75, 3.05) is 50.7 Å². The molecule has 1 aliphatic rings. The van der Waals surface area contributed by atoms with Crippen LogP contribution in [0.5, 0.6) is 11.5 Å². The minimum absolute atomic E-state index is 0.205. The average Bonchev–Trinajstić information content (AvgIpc) is 2.73. The van der Waals surface area contributed by atoms with Crippen LogP contribution in [0.25, 0.3) is 0 Å². The maximum Gasteiger partial charge on any atom is 0.319 e. The highest BCUT2D eigenvalue weighted by Crippen LogP contribution is 2.34. The second-order valence-electron chi connectivity index (χ2n) is 5.78. The lowest BCUT2D eigenvalue weighted by Gasteiger charge is -2.27. The monoisotopic (exact) mass is 373 g/mol. The molecule has 2 aromatic rings. The van der Waals surface area contributed by atoms with Gasteiger partial charge in [0.25, 0.3) is 0 Å². The second kappa shape index (κ2) is 9.04.